The number of urea groups is 1. The van der Waals surface area contributed by atoms with Crippen LogP contribution in [0.1, 0.15) is 27.2 Å². The van der Waals surface area contributed by atoms with Gasteiger partial charge in [0.2, 0.25) is 0 Å². The number of nitrogens with zero attached hydrogens (tertiary/aromatic N) is 2. The average Bonchev–Trinajstić information content (AvgIpc) is 2.12. The summed E-state index contributed by atoms with van der Waals surface area (Å²) in [4.78, 5) is 15.3. The molecule has 0 aliphatic rings. The molecule has 0 aromatic rings. The van der Waals surface area contributed by atoms with E-state index in [1.165, 1.54) is 0 Å². The molecule has 14 heavy (non-hydrogen) atoms. The Kier molecular flexibility index (Phi) is 4.91. The quantitative estimate of drug-likeness (QED) is 0.741. The van der Waals surface area contributed by atoms with E-state index in [1.54, 1.807) is 19.0 Å². The lowest BCUT2D eigenvalue weighted by molar-refractivity contribution is 0.117. The minimum absolute atomic E-state index is 0.0299. The third kappa shape index (κ3) is 3.18. The molecule has 0 saturated carbocycles. The van der Waals surface area contributed by atoms with Gasteiger partial charge < -0.3 is 15.5 Å². The van der Waals surface area contributed by atoms with Crippen LogP contribution in [-0.2, 0) is 0 Å². The fraction of sp³-hybridized carbons (Fsp3) is 0.900. The SMILES string of the molecule is CCCN(C(=O)N(C)C)C(C)(C)CN. The van der Waals surface area contributed by atoms with Crippen molar-refractivity contribution in [3.8, 4) is 0 Å². The molecular formula is C10H23N3O. The van der Waals surface area contributed by atoms with Gasteiger partial charge >= 0.3 is 6.03 Å². The van der Waals surface area contributed by atoms with Gasteiger partial charge in [-0.1, -0.05) is 6.92 Å². The van der Waals surface area contributed by atoms with E-state index in [1.807, 2.05) is 18.7 Å². The van der Waals surface area contributed by atoms with Crippen LogP contribution < -0.4 is 5.73 Å². The van der Waals surface area contributed by atoms with Crippen molar-refractivity contribution in [1.82, 2.24) is 9.80 Å². The van der Waals surface area contributed by atoms with Crippen LogP contribution in [0.5, 0.6) is 0 Å². The van der Waals surface area contributed by atoms with Crippen molar-refractivity contribution in [2.75, 3.05) is 27.2 Å². The molecule has 0 aromatic heterocycles. The third-order valence-electron chi connectivity index (χ3n) is 2.29. The maximum Gasteiger partial charge on any atom is 0.319 e. The van der Waals surface area contributed by atoms with E-state index >= 15 is 0 Å². The van der Waals surface area contributed by atoms with E-state index in [0.29, 0.717) is 6.54 Å². The van der Waals surface area contributed by atoms with Gasteiger partial charge in [-0.3, -0.25) is 0 Å². The Morgan fingerprint density at radius 3 is 2.14 bits per heavy atom. The molecule has 0 aromatic carbocycles. The molecule has 0 fully saturated rings. The van der Waals surface area contributed by atoms with Crippen molar-refractivity contribution < 1.29 is 4.79 Å². The summed E-state index contributed by atoms with van der Waals surface area (Å²) in [6.45, 7) is 7.27. The van der Waals surface area contributed by atoms with E-state index in [4.69, 9.17) is 5.73 Å². The van der Waals surface area contributed by atoms with Crippen molar-refractivity contribution in [1.29, 1.82) is 0 Å². The molecule has 0 radical (unpaired) electrons. The average molecular weight is 201 g/mol. The highest BCUT2D eigenvalue weighted by Crippen LogP contribution is 2.14. The molecule has 0 spiro atoms. The molecule has 4 heteroatoms. The second-order valence-electron chi connectivity index (χ2n) is 4.35. The lowest BCUT2D eigenvalue weighted by Crippen LogP contribution is -2.55. The minimum Gasteiger partial charge on any atom is -0.331 e. The highest BCUT2D eigenvalue weighted by molar-refractivity contribution is 5.74. The topological polar surface area (TPSA) is 49.6 Å². The summed E-state index contributed by atoms with van der Waals surface area (Å²) in [7, 11) is 3.52. The van der Waals surface area contributed by atoms with Crippen molar-refractivity contribution in [2.24, 2.45) is 5.73 Å². The lowest BCUT2D eigenvalue weighted by atomic mass is 10.0. The minimum atomic E-state index is -0.267. The van der Waals surface area contributed by atoms with E-state index in [0.717, 1.165) is 13.0 Å². The van der Waals surface area contributed by atoms with Gasteiger partial charge in [-0.2, -0.15) is 0 Å². The maximum absolute atomic E-state index is 11.8. The zero-order chi connectivity index (χ0) is 11.4. The molecule has 0 bridgehead atoms. The molecule has 0 heterocycles. The first-order valence-electron chi connectivity index (χ1n) is 5.05. The Morgan fingerprint density at radius 1 is 1.36 bits per heavy atom. The van der Waals surface area contributed by atoms with Crippen LogP contribution in [-0.4, -0.2) is 48.6 Å². The van der Waals surface area contributed by atoms with Crippen LogP contribution in [0, 0.1) is 0 Å². The summed E-state index contributed by atoms with van der Waals surface area (Å²) in [5.41, 5.74) is 5.40. The molecule has 0 saturated heterocycles. The zero-order valence-corrected chi connectivity index (χ0v) is 10.0. The highest BCUT2D eigenvalue weighted by atomic mass is 16.2. The molecule has 84 valence electrons. The largest absolute Gasteiger partial charge is 0.331 e. The first-order valence-corrected chi connectivity index (χ1v) is 5.05. The van der Waals surface area contributed by atoms with Crippen LogP contribution >= 0.6 is 0 Å². The summed E-state index contributed by atoms with van der Waals surface area (Å²) >= 11 is 0. The Morgan fingerprint density at radius 2 is 1.86 bits per heavy atom. The highest BCUT2D eigenvalue weighted by Gasteiger charge is 2.29. The van der Waals surface area contributed by atoms with E-state index in [9.17, 15) is 4.79 Å². The molecule has 4 nitrogen and oxygen atoms in total. The smallest absolute Gasteiger partial charge is 0.319 e. The Labute approximate surface area is 87.0 Å². The molecule has 0 aliphatic heterocycles. The lowest BCUT2D eigenvalue weighted by Gasteiger charge is -2.39. The number of carbonyl (C=O) groups is 1. The summed E-state index contributed by atoms with van der Waals surface area (Å²) < 4.78 is 0. The first-order chi connectivity index (χ1) is 6.36. The zero-order valence-electron chi connectivity index (χ0n) is 10.0. The number of rotatable bonds is 4. The summed E-state index contributed by atoms with van der Waals surface area (Å²) in [6, 6.07) is 0.0299. The van der Waals surface area contributed by atoms with Gasteiger partial charge in [0.05, 0.1) is 5.54 Å². The van der Waals surface area contributed by atoms with Crippen LogP contribution in [0.2, 0.25) is 0 Å². The van der Waals surface area contributed by atoms with Gasteiger partial charge in [0.25, 0.3) is 0 Å². The van der Waals surface area contributed by atoms with Gasteiger partial charge in [-0.05, 0) is 20.3 Å². The van der Waals surface area contributed by atoms with Crippen molar-refractivity contribution in [3.63, 3.8) is 0 Å². The van der Waals surface area contributed by atoms with Gasteiger partial charge in [0.15, 0.2) is 0 Å². The number of nitrogens with two attached hydrogens (primary N) is 1. The maximum atomic E-state index is 11.8. The summed E-state index contributed by atoms with van der Waals surface area (Å²) in [5.74, 6) is 0. The second kappa shape index (κ2) is 5.20. The molecular weight excluding hydrogens is 178 g/mol. The number of hydrogen-bond acceptors (Lipinski definition) is 2. The molecule has 0 aliphatic carbocycles. The fourth-order valence-electron chi connectivity index (χ4n) is 1.23. The third-order valence-corrected chi connectivity index (χ3v) is 2.29. The summed E-state index contributed by atoms with van der Waals surface area (Å²) in [6.07, 6.45) is 0.947. The van der Waals surface area contributed by atoms with E-state index in [-0.39, 0.29) is 11.6 Å². The summed E-state index contributed by atoms with van der Waals surface area (Å²) in [5, 5.41) is 0. The monoisotopic (exact) mass is 201 g/mol. The second-order valence-corrected chi connectivity index (χ2v) is 4.35. The number of carbonyl (C=O) groups excluding carboxylic acids is 1. The predicted molar refractivity (Wildman–Crippen MR) is 59.2 cm³/mol. The Bertz CT molecular complexity index is 190. The van der Waals surface area contributed by atoms with Crippen molar-refractivity contribution in [3.05, 3.63) is 0 Å². The number of hydrogen-bond donors (Lipinski definition) is 1. The Hall–Kier alpha value is -0.770. The standard InChI is InChI=1S/C10H23N3O/c1-6-7-13(9(14)12(4)5)10(2,3)8-11/h6-8,11H2,1-5H3. The van der Waals surface area contributed by atoms with Crippen LogP contribution in [0.15, 0.2) is 0 Å². The molecule has 2 N–H and O–H groups in total. The van der Waals surface area contributed by atoms with Crippen molar-refractivity contribution in [2.45, 2.75) is 32.7 Å². The van der Waals surface area contributed by atoms with Gasteiger partial charge in [0.1, 0.15) is 0 Å². The Balaban J connectivity index is 4.67. The van der Waals surface area contributed by atoms with E-state index < -0.39 is 0 Å². The van der Waals surface area contributed by atoms with Gasteiger partial charge in [-0.15, -0.1) is 0 Å². The van der Waals surface area contributed by atoms with Crippen LogP contribution in [0.4, 0.5) is 4.79 Å². The van der Waals surface area contributed by atoms with Gasteiger partial charge in [-0.25, -0.2) is 4.79 Å². The van der Waals surface area contributed by atoms with Crippen LogP contribution in [0.3, 0.4) is 0 Å². The first kappa shape index (κ1) is 13.2. The predicted octanol–water partition coefficient (Wildman–Crippen LogP) is 1.12. The normalized spacial score (nSPS) is 11.3. The van der Waals surface area contributed by atoms with E-state index in [2.05, 4.69) is 6.92 Å². The molecule has 2 amide bonds. The number of amides is 2. The molecule has 0 atom stereocenters. The molecule has 0 unspecified atom stereocenters. The van der Waals surface area contributed by atoms with Crippen molar-refractivity contribution >= 4 is 6.03 Å². The van der Waals surface area contributed by atoms with Gasteiger partial charge in [0, 0.05) is 27.2 Å². The molecule has 0 rings (SSSR count). The fourth-order valence-corrected chi connectivity index (χ4v) is 1.23. The van der Waals surface area contributed by atoms with Crippen LogP contribution in [0.25, 0.3) is 0 Å².